The van der Waals surface area contributed by atoms with Crippen molar-refractivity contribution in [1.82, 2.24) is 14.9 Å². The molecule has 1 aliphatic heterocycles. The van der Waals surface area contributed by atoms with Gasteiger partial charge in [-0.25, -0.2) is 4.98 Å². The van der Waals surface area contributed by atoms with E-state index in [1.165, 1.54) is 6.07 Å². The Morgan fingerprint density at radius 1 is 1.10 bits per heavy atom. The summed E-state index contributed by atoms with van der Waals surface area (Å²) in [6, 6.07) is 13.6. The third-order valence-electron chi connectivity index (χ3n) is 5.28. The first-order valence-corrected chi connectivity index (χ1v) is 9.76. The van der Waals surface area contributed by atoms with Crippen LogP contribution in [-0.4, -0.2) is 51.9 Å². The van der Waals surface area contributed by atoms with Gasteiger partial charge < -0.3 is 14.8 Å². The number of amides is 1. The fourth-order valence-electron chi connectivity index (χ4n) is 3.65. The number of aromatic nitrogens is 2. The summed E-state index contributed by atoms with van der Waals surface area (Å²) in [5.41, 5.74) is 1.26. The van der Waals surface area contributed by atoms with Gasteiger partial charge in [0.05, 0.1) is 15.8 Å². The Labute approximate surface area is 172 Å². The number of aryl methyl sites for hydroxylation is 1. The molecule has 0 radical (unpaired) electrons. The van der Waals surface area contributed by atoms with E-state index in [-0.39, 0.29) is 23.6 Å². The van der Waals surface area contributed by atoms with E-state index in [1.54, 1.807) is 35.2 Å². The normalized spacial score (nSPS) is 14.1. The lowest BCUT2D eigenvalue weighted by molar-refractivity contribution is -0.384. The molecule has 9 nitrogen and oxygen atoms in total. The first-order valence-electron chi connectivity index (χ1n) is 9.76. The number of piperazine rings is 1. The minimum Gasteiger partial charge on any atom is -0.368 e. The minimum atomic E-state index is -0.408. The van der Waals surface area contributed by atoms with Crippen LogP contribution in [-0.2, 0) is 11.2 Å². The maximum Gasteiger partial charge on any atom is 0.271 e. The number of fused-ring (bicyclic) bond motifs is 1. The second-order valence-electron chi connectivity index (χ2n) is 7.17. The number of nitro benzene ring substituents is 1. The first kappa shape index (κ1) is 19.6. The Balaban J connectivity index is 1.34. The number of H-pyrrole nitrogens is 1. The van der Waals surface area contributed by atoms with E-state index in [9.17, 15) is 19.7 Å². The molecule has 3 aromatic rings. The molecular weight excluding hydrogens is 386 g/mol. The highest BCUT2D eigenvalue weighted by molar-refractivity contribution is 5.78. The first-order chi connectivity index (χ1) is 14.5. The summed E-state index contributed by atoms with van der Waals surface area (Å²) < 4.78 is 0. The average molecular weight is 407 g/mol. The number of benzene rings is 2. The average Bonchev–Trinajstić information content (AvgIpc) is 2.77. The predicted molar refractivity (Wildman–Crippen MR) is 113 cm³/mol. The molecule has 0 unspecified atom stereocenters. The molecule has 0 aliphatic carbocycles. The van der Waals surface area contributed by atoms with Crippen molar-refractivity contribution in [3.05, 3.63) is 74.8 Å². The van der Waals surface area contributed by atoms with Crippen molar-refractivity contribution in [3.8, 4) is 0 Å². The highest BCUT2D eigenvalue weighted by atomic mass is 16.6. The molecule has 0 atom stereocenters. The molecule has 2 heterocycles. The summed E-state index contributed by atoms with van der Waals surface area (Å²) in [5, 5.41) is 11.5. The number of nitrogens with one attached hydrogen (secondary N) is 1. The lowest BCUT2D eigenvalue weighted by Crippen LogP contribution is -2.48. The Morgan fingerprint density at radius 2 is 1.87 bits per heavy atom. The molecule has 9 heteroatoms. The number of carbonyl (C=O) groups is 1. The molecule has 2 aromatic carbocycles. The zero-order valence-electron chi connectivity index (χ0n) is 16.3. The quantitative estimate of drug-likeness (QED) is 0.512. The fourth-order valence-corrected chi connectivity index (χ4v) is 3.65. The monoisotopic (exact) mass is 407 g/mol. The van der Waals surface area contributed by atoms with Gasteiger partial charge in [-0.3, -0.25) is 19.7 Å². The summed E-state index contributed by atoms with van der Waals surface area (Å²) in [6.07, 6.45) is 0.627. The Kier molecular flexibility index (Phi) is 5.42. The van der Waals surface area contributed by atoms with Gasteiger partial charge in [-0.15, -0.1) is 0 Å². The highest BCUT2D eigenvalue weighted by Gasteiger charge is 2.22. The Hall–Kier alpha value is -3.75. The molecular formula is C21H21N5O4. The summed E-state index contributed by atoms with van der Waals surface area (Å²) >= 11 is 0. The summed E-state index contributed by atoms with van der Waals surface area (Å²) in [5.74, 6) is 0.506. The number of hydrogen-bond donors (Lipinski definition) is 1. The molecule has 1 fully saturated rings. The largest absolute Gasteiger partial charge is 0.368 e. The van der Waals surface area contributed by atoms with Crippen LogP contribution in [0.25, 0.3) is 10.9 Å². The molecule has 0 saturated carbocycles. The number of hydrogen-bond acceptors (Lipinski definition) is 6. The Morgan fingerprint density at radius 3 is 2.63 bits per heavy atom. The number of non-ortho nitro benzene ring substituents is 1. The molecule has 0 spiro atoms. The van der Waals surface area contributed by atoms with Gasteiger partial charge in [0.25, 0.3) is 11.2 Å². The topological polar surface area (TPSA) is 112 Å². The third-order valence-corrected chi connectivity index (χ3v) is 5.28. The van der Waals surface area contributed by atoms with Crippen LogP contribution in [0.3, 0.4) is 0 Å². The number of carbonyl (C=O) groups excluding carboxylic acids is 1. The van der Waals surface area contributed by atoms with Gasteiger partial charge in [-0.05, 0) is 18.2 Å². The van der Waals surface area contributed by atoms with E-state index in [1.807, 2.05) is 17.0 Å². The van der Waals surface area contributed by atoms with Gasteiger partial charge in [0.1, 0.15) is 5.82 Å². The van der Waals surface area contributed by atoms with Gasteiger partial charge in [-0.2, -0.15) is 0 Å². The van der Waals surface area contributed by atoms with Crippen molar-refractivity contribution in [2.24, 2.45) is 0 Å². The van der Waals surface area contributed by atoms with Crippen LogP contribution in [0.4, 0.5) is 11.4 Å². The van der Waals surface area contributed by atoms with E-state index < -0.39 is 4.92 Å². The maximum absolute atomic E-state index is 12.6. The van der Waals surface area contributed by atoms with Crippen LogP contribution in [0.2, 0.25) is 0 Å². The molecule has 154 valence electrons. The molecule has 4 rings (SSSR count). The van der Waals surface area contributed by atoms with Crippen LogP contribution in [0, 0.1) is 10.1 Å². The van der Waals surface area contributed by atoms with Crippen LogP contribution in [0.5, 0.6) is 0 Å². The van der Waals surface area contributed by atoms with E-state index in [0.29, 0.717) is 49.3 Å². The van der Waals surface area contributed by atoms with Gasteiger partial charge in [0, 0.05) is 56.8 Å². The molecule has 1 amide bonds. The van der Waals surface area contributed by atoms with Gasteiger partial charge in [0.2, 0.25) is 5.91 Å². The minimum absolute atomic E-state index is 0.00417. The number of anilines is 1. The number of nitro groups is 1. The SMILES string of the molecule is O=C(CCc1nc2ccccc2c(=O)[nH]1)N1CCN(c2cccc([N+](=O)[O-])c2)CC1. The number of nitrogens with zero attached hydrogens (tertiary/aromatic N) is 4. The van der Waals surface area contributed by atoms with E-state index >= 15 is 0 Å². The van der Waals surface area contributed by atoms with Crippen LogP contribution in [0.15, 0.2) is 53.3 Å². The molecule has 1 saturated heterocycles. The summed E-state index contributed by atoms with van der Waals surface area (Å²) in [4.78, 5) is 46.3. The van der Waals surface area contributed by atoms with Crippen molar-refractivity contribution in [2.45, 2.75) is 12.8 Å². The van der Waals surface area contributed by atoms with Crippen molar-refractivity contribution < 1.29 is 9.72 Å². The highest BCUT2D eigenvalue weighted by Crippen LogP contribution is 2.22. The summed E-state index contributed by atoms with van der Waals surface area (Å²) in [7, 11) is 0. The molecule has 1 aliphatic rings. The lowest BCUT2D eigenvalue weighted by atomic mass is 10.2. The summed E-state index contributed by atoms with van der Waals surface area (Å²) in [6.45, 7) is 2.31. The van der Waals surface area contributed by atoms with Gasteiger partial charge in [0.15, 0.2) is 0 Å². The second-order valence-corrected chi connectivity index (χ2v) is 7.17. The van der Waals surface area contributed by atoms with Crippen molar-refractivity contribution in [3.63, 3.8) is 0 Å². The van der Waals surface area contributed by atoms with Crippen molar-refractivity contribution >= 4 is 28.2 Å². The number of aromatic amines is 1. The molecule has 0 bridgehead atoms. The van der Waals surface area contributed by atoms with Crippen LogP contribution < -0.4 is 10.5 Å². The second kappa shape index (κ2) is 8.32. The number of para-hydroxylation sites is 1. The zero-order chi connectivity index (χ0) is 21.1. The Bertz CT molecular complexity index is 1150. The molecule has 1 aromatic heterocycles. The van der Waals surface area contributed by atoms with E-state index in [0.717, 1.165) is 5.69 Å². The van der Waals surface area contributed by atoms with Crippen LogP contribution in [0.1, 0.15) is 12.2 Å². The smallest absolute Gasteiger partial charge is 0.271 e. The molecule has 1 N–H and O–H groups in total. The van der Waals surface area contributed by atoms with Gasteiger partial charge in [-0.1, -0.05) is 18.2 Å². The molecule has 30 heavy (non-hydrogen) atoms. The van der Waals surface area contributed by atoms with Crippen LogP contribution >= 0.6 is 0 Å². The number of rotatable bonds is 5. The predicted octanol–water partition coefficient (Wildman–Crippen LogP) is 2.11. The fraction of sp³-hybridized carbons (Fsp3) is 0.286. The van der Waals surface area contributed by atoms with E-state index in [2.05, 4.69) is 9.97 Å². The van der Waals surface area contributed by atoms with Crippen molar-refractivity contribution in [2.75, 3.05) is 31.1 Å². The maximum atomic E-state index is 12.6. The third kappa shape index (κ3) is 4.14. The van der Waals surface area contributed by atoms with E-state index in [4.69, 9.17) is 0 Å². The van der Waals surface area contributed by atoms with Gasteiger partial charge >= 0.3 is 0 Å². The van der Waals surface area contributed by atoms with Crippen molar-refractivity contribution in [1.29, 1.82) is 0 Å². The standard InChI is InChI=1S/C21H21N5O4/c27-20(9-8-19-22-18-7-2-1-6-17(18)21(28)23-19)25-12-10-24(11-13-25)15-4-3-5-16(14-15)26(29)30/h1-7,14H,8-13H2,(H,22,23,28). The lowest BCUT2D eigenvalue weighted by Gasteiger charge is -2.36. The zero-order valence-corrected chi connectivity index (χ0v) is 16.3.